The second kappa shape index (κ2) is 10.4. The van der Waals surface area contributed by atoms with Crippen LogP contribution in [0.5, 0.6) is 0 Å². The largest absolute Gasteiger partial charge is 0.417 e. The highest BCUT2D eigenvalue weighted by molar-refractivity contribution is 7.89. The van der Waals surface area contributed by atoms with Crippen LogP contribution in [-0.2, 0) is 23.2 Å². The molecule has 1 aliphatic rings. The SMILES string of the molecule is Cn1ccnc1-c1cc(-c2ccc(S(=O)(=O)N3CC[C@@H](Nc4ccc(C(F)(F)F)cn4)[C@@H](O)C3)cc2)ccn1. The van der Waals surface area contributed by atoms with E-state index in [1.165, 1.54) is 22.5 Å². The number of nitrogens with zero attached hydrogens (tertiary/aromatic N) is 5. The molecular weight excluding hydrogens is 533 g/mol. The van der Waals surface area contributed by atoms with Crippen molar-refractivity contribution in [2.75, 3.05) is 18.4 Å². The quantitative estimate of drug-likeness (QED) is 0.370. The second-order valence-corrected chi connectivity index (χ2v) is 11.2. The van der Waals surface area contributed by atoms with Gasteiger partial charge in [-0.25, -0.2) is 18.4 Å². The van der Waals surface area contributed by atoms with Gasteiger partial charge in [-0.15, -0.1) is 0 Å². The summed E-state index contributed by atoms with van der Waals surface area (Å²) in [5.41, 5.74) is 1.47. The van der Waals surface area contributed by atoms with E-state index in [0.29, 0.717) is 17.7 Å². The average Bonchev–Trinajstić information content (AvgIpc) is 3.35. The molecule has 5 rings (SSSR count). The Morgan fingerprint density at radius 2 is 1.77 bits per heavy atom. The normalized spacial score (nSPS) is 18.7. The Kier molecular flexibility index (Phi) is 7.14. The highest BCUT2D eigenvalue weighted by Crippen LogP contribution is 2.30. The highest BCUT2D eigenvalue weighted by atomic mass is 32.2. The minimum absolute atomic E-state index is 0.0904. The van der Waals surface area contributed by atoms with Crippen LogP contribution < -0.4 is 5.32 Å². The molecule has 0 aliphatic carbocycles. The van der Waals surface area contributed by atoms with Crippen molar-refractivity contribution in [3.05, 3.63) is 78.9 Å². The summed E-state index contributed by atoms with van der Waals surface area (Å²) in [4.78, 5) is 12.5. The molecule has 1 aromatic carbocycles. The van der Waals surface area contributed by atoms with Crippen molar-refractivity contribution in [3.8, 4) is 22.6 Å². The molecule has 0 radical (unpaired) electrons. The predicted molar refractivity (Wildman–Crippen MR) is 138 cm³/mol. The third kappa shape index (κ3) is 5.65. The number of pyridine rings is 2. The topological polar surface area (TPSA) is 113 Å². The number of alkyl halides is 3. The molecular formula is C26H25F3N6O3S. The van der Waals surface area contributed by atoms with Crippen LogP contribution in [0.3, 0.4) is 0 Å². The van der Waals surface area contributed by atoms with Gasteiger partial charge in [0.15, 0.2) is 5.82 Å². The summed E-state index contributed by atoms with van der Waals surface area (Å²) in [7, 11) is -2.01. The van der Waals surface area contributed by atoms with Crippen LogP contribution in [-0.4, -0.2) is 62.6 Å². The van der Waals surface area contributed by atoms with E-state index >= 15 is 0 Å². The summed E-state index contributed by atoms with van der Waals surface area (Å²) < 4.78 is 67.9. The Morgan fingerprint density at radius 1 is 1.00 bits per heavy atom. The number of nitrogens with one attached hydrogen (secondary N) is 1. The van der Waals surface area contributed by atoms with Crippen molar-refractivity contribution in [1.82, 2.24) is 23.8 Å². The van der Waals surface area contributed by atoms with E-state index in [1.54, 1.807) is 24.5 Å². The van der Waals surface area contributed by atoms with E-state index in [0.717, 1.165) is 17.2 Å². The first-order chi connectivity index (χ1) is 18.5. The number of halogens is 3. The Bertz CT molecular complexity index is 1560. The molecule has 204 valence electrons. The maximum absolute atomic E-state index is 13.3. The van der Waals surface area contributed by atoms with Crippen LogP contribution >= 0.6 is 0 Å². The predicted octanol–water partition coefficient (Wildman–Crippen LogP) is 3.80. The molecule has 1 fully saturated rings. The fourth-order valence-corrected chi connectivity index (χ4v) is 5.91. The summed E-state index contributed by atoms with van der Waals surface area (Å²) >= 11 is 0. The minimum Gasteiger partial charge on any atom is -0.390 e. The third-order valence-corrected chi connectivity index (χ3v) is 8.48. The lowest BCUT2D eigenvalue weighted by molar-refractivity contribution is -0.137. The van der Waals surface area contributed by atoms with Gasteiger partial charge in [0, 0.05) is 44.9 Å². The first-order valence-corrected chi connectivity index (χ1v) is 13.5. The lowest BCUT2D eigenvalue weighted by atomic mass is 10.0. The molecule has 4 aromatic rings. The summed E-state index contributed by atoms with van der Waals surface area (Å²) in [6.45, 7) is -0.0450. The van der Waals surface area contributed by atoms with Gasteiger partial charge in [-0.2, -0.15) is 17.5 Å². The van der Waals surface area contributed by atoms with Gasteiger partial charge in [0.2, 0.25) is 10.0 Å². The van der Waals surface area contributed by atoms with Crippen molar-refractivity contribution in [2.24, 2.45) is 7.05 Å². The molecule has 1 saturated heterocycles. The van der Waals surface area contributed by atoms with Gasteiger partial charge in [0.05, 0.1) is 22.6 Å². The first-order valence-electron chi connectivity index (χ1n) is 12.0. The average molecular weight is 559 g/mol. The van der Waals surface area contributed by atoms with Crippen LogP contribution in [0.15, 0.2) is 78.2 Å². The van der Waals surface area contributed by atoms with E-state index in [-0.39, 0.29) is 30.2 Å². The van der Waals surface area contributed by atoms with Crippen LogP contribution in [0.25, 0.3) is 22.6 Å². The summed E-state index contributed by atoms with van der Waals surface area (Å²) in [6, 6.07) is 11.7. The summed E-state index contributed by atoms with van der Waals surface area (Å²) in [5, 5.41) is 13.5. The molecule has 2 atom stereocenters. The molecule has 0 unspecified atom stereocenters. The van der Waals surface area contributed by atoms with E-state index in [4.69, 9.17) is 0 Å². The number of aryl methyl sites for hydroxylation is 1. The van der Waals surface area contributed by atoms with E-state index in [2.05, 4.69) is 20.3 Å². The van der Waals surface area contributed by atoms with Crippen LogP contribution in [0.2, 0.25) is 0 Å². The maximum atomic E-state index is 13.3. The van der Waals surface area contributed by atoms with Crippen molar-refractivity contribution in [2.45, 2.75) is 29.6 Å². The van der Waals surface area contributed by atoms with Gasteiger partial charge in [-0.1, -0.05) is 12.1 Å². The van der Waals surface area contributed by atoms with E-state index in [9.17, 15) is 26.7 Å². The van der Waals surface area contributed by atoms with Crippen molar-refractivity contribution in [3.63, 3.8) is 0 Å². The van der Waals surface area contributed by atoms with Crippen molar-refractivity contribution >= 4 is 15.8 Å². The lowest BCUT2D eigenvalue weighted by Crippen LogP contribution is -2.51. The number of hydrogen-bond donors (Lipinski definition) is 2. The number of hydrogen-bond acceptors (Lipinski definition) is 7. The van der Waals surface area contributed by atoms with Gasteiger partial charge in [-0.3, -0.25) is 4.98 Å². The Morgan fingerprint density at radius 3 is 2.38 bits per heavy atom. The zero-order valence-electron chi connectivity index (χ0n) is 20.7. The fraction of sp³-hybridized carbons (Fsp3) is 0.269. The first kappa shape index (κ1) is 26.8. The smallest absolute Gasteiger partial charge is 0.390 e. The number of imidazole rings is 1. The number of aliphatic hydroxyl groups excluding tert-OH is 1. The number of aliphatic hydroxyl groups is 1. The van der Waals surface area contributed by atoms with Crippen LogP contribution in [0.1, 0.15) is 12.0 Å². The fourth-order valence-electron chi connectivity index (χ4n) is 4.44. The number of piperidine rings is 1. The van der Waals surface area contributed by atoms with Gasteiger partial charge < -0.3 is 15.0 Å². The van der Waals surface area contributed by atoms with E-state index in [1.807, 2.05) is 29.9 Å². The van der Waals surface area contributed by atoms with Crippen LogP contribution in [0, 0.1) is 0 Å². The number of rotatable bonds is 6. The number of sulfonamides is 1. The Balaban J connectivity index is 1.26. The number of β-amino-alcohol motifs (C(OH)–C–C–N with tert-alkyl or cyclic N) is 1. The second-order valence-electron chi connectivity index (χ2n) is 9.22. The molecule has 3 aromatic heterocycles. The summed E-state index contributed by atoms with van der Waals surface area (Å²) in [6.07, 6.45) is 0.554. The third-order valence-electron chi connectivity index (χ3n) is 6.60. The van der Waals surface area contributed by atoms with Gasteiger partial charge in [0.1, 0.15) is 11.5 Å². The summed E-state index contributed by atoms with van der Waals surface area (Å²) in [5.74, 6) is 0.878. The number of anilines is 1. The molecule has 9 nitrogen and oxygen atoms in total. The molecule has 0 spiro atoms. The van der Waals surface area contributed by atoms with Crippen molar-refractivity contribution < 1.29 is 26.7 Å². The molecule has 2 N–H and O–H groups in total. The molecule has 4 heterocycles. The molecule has 13 heteroatoms. The Labute approximate surface area is 223 Å². The lowest BCUT2D eigenvalue weighted by Gasteiger charge is -2.35. The number of aromatic nitrogens is 4. The Hall–Kier alpha value is -3.81. The zero-order valence-corrected chi connectivity index (χ0v) is 21.6. The molecule has 0 saturated carbocycles. The molecule has 1 aliphatic heterocycles. The van der Waals surface area contributed by atoms with Crippen molar-refractivity contribution in [1.29, 1.82) is 0 Å². The molecule has 39 heavy (non-hydrogen) atoms. The highest BCUT2D eigenvalue weighted by Gasteiger charge is 2.35. The standard InChI is InChI=1S/C26H25F3N6O3S/c1-34-13-11-31-25(34)22-14-18(8-10-30-22)17-2-5-20(6-3-17)39(37,38)35-12-9-21(23(36)16-35)33-24-7-4-19(15-32-24)26(27,28)29/h2-8,10-11,13-15,21,23,36H,9,12,16H2,1H3,(H,32,33)/t21-,23+/m1/s1. The minimum atomic E-state index is -4.50. The van der Waals surface area contributed by atoms with E-state index < -0.39 is 33.9 Å². The monoisotopic (exact) mass is 558 g/mol. The molecule has 0 bridgehead atoms. The number of benzene rings is 1. The van der Waals surface area contributed by atoms with Crippen LogP contribution in [0.4, 0.5) is 19.0 Å². The molecule has 0 amide bonds. The maximum Gasteiger partial charge on any atom is 0.417 e. The van der Waals surface area contributed by atoms with Gasteiger partial charge in [0.25, 0.3) is 0 Å². The van der Waals surface area contributed by atoms with Gasteiger partial charge >= 0.3 is 6.18 Å². The zero-order chi connectivity index (χ0) is 27.8. The van der Waals surface area contributed by atoms with Gasteiger partial charge in [-0.05, 0) is 53.9 Å².